The zero-order valence-electron chi connectivity index (χ0n) is 13.7. The van der Waals surface area contributed by atoms with Gasteiger partial charge < -0.3 is 15.4 Å². The Morgan fingerprint density at radius 2 is 1.79 bits per heavy atom. The molecule has 7 nitrogen and oxygen atoms in total. The highest BCUT2D eigenvalue weighted by Crippen LogP contribution is 2.07. The van der Waals surface area contributed by atoms with Crippen molar-refractivity contribution < 1.29 is 18.7 Å². The molecule has 0 radical (unpaired) electrons. The quantitative estimate of drug-likeness (QED) is 0.488. The van der Waals surface area contributed by atoms with Gasteiger partial charge in [0.05, 0.1) is 0 Å². The lowest BCUT2D eigenvalue weighted by molar-refractivity contribution is -0.121. The largest absolute Gasteiger partial charge is 0.444 e. The molecule has 0 spiro atoms. The van der Waals surface area contributed by atoms with Crippen molar-refractivity contribution in [3.05, 3.63) is 30.1 Å². The lowest BCUT2D eigenvalue weighted by atomic mass is 10.2. The van der Waals surface area contributed by atoms with Gasteiger partial charge in [-0.2, -0.15) is 0 Å². The average molecular weight is 356 g/mol. The Bertz CT molecular complexity index is 587. The molecule has 0 aliphatic carbocycles. The van der Waals surface area contributed by atoms with Gasteiger partial charge in [-0.25, -0.2) is 9.18 Å². The molecule has 0 atom stereocenters. The van der Waals surface area contributed by atoms with E-state index in [2.05, 4.69) is 21.5 Å². The van der Waals surface area contributed by atoms with Crippen molar-refractivity contribution >= 4 is 35.0 Å². The summed E-state index contributed by atoms with van der Waals surface area (Å²) in [5.74, 6) is -0.723. The number of hydrogen-bond acceptors (Lipinski definition) is 4. The van der Waals surface area contributed by atoms with Gasteiger partial charge in [-0.05, 0) is 57.3 Å². The van der Waals surface area contributed by atoms with Crippen LogP contribution in [0.15, 0.2) is 24.3 Å². The fourth-order valence-electron chi connectivity index (χ4n) is 1.48. The van der Waals surface area contributed by atoms with Crippen molar-refractivity contribution in [1.29, 1.82) is 0 Å². The highest BCUT2D eigenvalue weighted by atomic mass is 32.1. The SMILES string of the molecule is CC(C)(C)OC(=O)NCCC(=O)NNC(=S)Nc1ccc(F)cc1. The highest BCUT2D eigenvalue weighted by Gasteiger charge is 2.15. The Morgan fingerprint density at radius 1 is 1.17 bits per heavy atom. The molecule has 0 saturated heterocycles. The summed E-state index contributed by atoms with van der Waals surface area (Å²) in [6, 6.07) is 5.59. The fraction of sp³-hybridized carbons (Fsp3) is 0.400. The van der Waals surface area contributed by atoms with E-state index in [1.165, 1.54) is 24.3 Å². The molecule has 9 heteroatoms. The predicted octanol–water partition coefficient (Wildman–Crippen LogP) is 2.06. The Hall–Kier alpha value is -2.42. The Labute approximate surface area is 145 Å². The molecule has 24 heavy (non-hydrogen) atoms. The zero-order chi connectivity index (χ0) is 18.2. The molecule has 0 unspecified atom stereocenters. The number of hydrazine groups is 1. The third-order valence-corrected chi connectivity index (χ3v) is 2.64. The van der Waals surface area contributed by atoms with E-state index in [1.807, 2.05) is 0 Å². The molecular weight excluding hydrogens is 335 g/mol. The normalized spacial score (nSPS) is 10.5. The van der Waals surface area contributed by atoms with Gasteiger partial charge in [-0.3, -0.25) is 15.6 Å². The van der Waals surface area contributed by atoms with Crippen LogP contribution in [-0.4, -0.2) is 29.3 Å². The second-order valence-corrected chi connectivity index (χ2v) is 6.22. The number of anilines is 1. The summed E-state index contributed by atoms with van der Waals surface area (Å²) in [6.07, 6.45) is -0.539. The third-order valence-electron chi connectivity index (χ3n) is 2.44. The van der Waals surface area contributed by atoms with Crippen LogP contribution in [0.2, 0.25) is 0 Å². The number of nitrogens with one attached hydrogen (secondary N) is 4. The summed E-state index contributed by atoms with van der Waals surface area (Å²) >= 11 is 4.98. The highest BCUT2D eigenvalue weighted by molar-refractivity contribution is 7.80. The minimum Gasteiger partial charge on any atom is -0.444 e. The number of carbonyl (C=O) groups is 2. The number of benzene rings is 1. The van der Waals surface area contributed by atoms with Crippen LogP contribution in [0.4, 0.5) is 14.9 Å². The van der Waals surface area contributed by atoms with E-state index in [1.54, 1.807) is 20.8 Å². The molecule has 1 aromatic rings. The van der Waals surface area contributed by atoms with E-state index in [9.17, 15) is 14.0 Å². The summed E-state index contributed by atoms with van der Waals surface area (Å²) in [5.41, 5.74) is 4.87. The van der Waals surface area contributed by atoms with Gasteiger partial charge in [0.15, 0.2) is 5.11 Å². The average Bonchev–Trinajstić information content (AvgIpc) is 2.46. The summed E-state index contributed by atoms with van der Waals surface area (Å²) < 4.78 is 17.8. The first kappa shape index (κ1) is 19.6. The fourth-order valence-corrected chi connectivity index (χ4v) is 1.65. The van der Waals surface area contributed by atoms with Crippen molar-refractivity contribution in [3.8, 4) is 0 Å². The van der Waals surface area contributed by atoms with Crippen molar-refractivity contribution in [3.63, 3.8) is 0 Å². The number of hydrogen-bond donors (Lipinski definition) is 4. The van der Waals surface area contributed by atoms with Crippen molar-refractivity contribution in [2.45, 2.75) is 32.8 Å². The lowest BCUT2D eigenvalue weighted by Crippen LogP contribution is -2.44. The molecule has 0 heterocycles. The molecule has 1 aromatic carbocycles. The van der Waals surface area contributed by atoms with Crippen LogP contribution in [-0.2, 0) is 9.53 Å². The number of halogens is 1. The second kappa shape index (κ2) is 9.02. The summed E-state index contributed by atoms with van der Waals surface area (Å²) in [4.78, 5) is 23.0. The van der Waals surface area contributed by atoms with Crippen LogP contribution < -0.4 is 21.5 Å². The van der Waals surface area contributed by atoms with E-state index in [4.69, 9.17) is 17.0 Å². The first-order valence-corrected chi connectivity index (χ1v) is 7.65. The van der Waals surface area contributed by atoms with Crippen molar-refractivity contribution in [2.75, 3.05) is 11.9 Å². The molecule has 132 valence electrons. The molecular formula is C15H21FN4O3S. The molecule has 0 aliphatic heterocycles. The number of rotatable bonds is 4. The standard InChI is InChI=1S/C15H21FN4O3S/c1-15(2,3)23-14(22)17-9-8-12(21)19-20-13(24)18-11-6-4-10(16)5-7-11/h4-7H,8-9H2,1-3H3,(H,17,22)(H,19,21)(H2,18,20,24). The van der Waals surface area contributed by atoms with E-state index >= 15 is 0 Å². The maximum Gasteiger partial charge on any atom is 0.407 e. The van der Waals surface area contributed by atoms with Crippen LogP contribution in [0.5, 0.6) is 0 Å². The van der Waals surface area contributed by atoms with Crippen LogP contribution in [0, 0.1) is 5.82 Å². The van der Waals surface area contributed by atoms with Gasteiger partial charge in [0.2, 0.25) is 5.91 Å². The number of ether oxygens (including phenoxy) is 1. The van der Waals surface area contributed by atoms with Gasteiger partial charge in [-0.1, -0.05) is 0 Å². The Morgan fingerprint density at radius 3 is 2.38 bits per heavy atom. The van der Waals surface area contributed by atoms with E-state index < -0.39 is 11.7 Å². The molecule has 0 fully saturated rings. The first-order valence-electron chi connectivity index (χ1n) is 7.24. The smallest absolute Gasteiger partial charge is 0.407 e. The van der Waals surface area contributed by atoms with Crippen LogP contribution in [0.1, 0.15) is 27.2 Å². The lowest BCUT2D eigenvalue weighted by Gasteiger charge is -2.19. The van der Waals surface area contributed by atoms with Crippen molar-refractivity contribution in [2.24, 2.45) is 0 Å². The first-order chi connectivity index (χ1) is 11.2. The molecule has 0 saturated carbocycles. The summed E-state index contributed by atoms with van der Waals surface area (Å²) in [5, 5.41) is 5.39. The number of thiocarbonyl (C=S) groups is 1. The molecule has 0 aromatic heterocycles. The van der Waals surface area contributed by atoms with Crippen LogP contribution >= 0.6 is 12.2 Å². The second-order valence-electron chi connectivity index (χ2n) is 5.81. The van der Waals surface area contributed by atoms with Gasteiger partial charge in [0, 0.05) is 18.7 Å². The third kappa shape index (κ3) is 8.89. The molecule has 0 aliphatic rings. The Balaban J connectivity index is 2.20. The van der Waals surface area contributed by atoms with E-state index in [-0.39, 0.29) is 29.8 Å². The van der Waals surface area contributed by atoms with E-state index in [0.717, 1.165) is 0 Å². The monoisotopic (exact) mass is 356 g/mol. The minimum atomic E-state index is -0.591. The zero-order valence-corrected chi connectivity index (χ0v) is 14.6. The van der Waals surface area contributed by atoms with Gasteiger partial charge >= 0.3 is 6.09 Å². The van der Waals surface area contributed by atoms with Gasteiger partial charge in [-0.15, -0.1) is 0 Å². The number of carbonyl (C=O) groups excluding carboxylic acids is 2. The molecule has 4 N–H and O–H groups in total. The van der Waals surface area contributed by atoms with Crippen molar-refractivity contribution in [1.82, 2.24) is 16.2 Å². The van der Waals surface area contributed by atoms with Crippen LogP contribution in [0.25, 0.3) is 0 Å². The Kier molecular flexibility index (Phi) is 7.37. The molecule has 2 amide bonds. The van der Waals surface area contributed by atoms with Crippen LogP contribution in [0.3, 0.4) is 0 Å². The van der Waals surface area contributed by atoms with Gasteiger partial charge in [0.1, 0.15) is 11.4 Å². The topological polar surface area (TPSA) is 91.5 Å². The summed E-state index contributed by atoms with van der Waals surface area (Å²) in [6.45, 7) is 5.37. The molecule has 1 rings (SSSR count). The maximum atomic E-state index is 12.8. The summed E-state index contributed by atoms with van der Waals surface area (Å²) in [7, 11) is 0. The maximum absolute atomic E-state index is 12.8. The number of alkyl carbamates (subject to hydrolysis) is 1. The minimum absolute atomic E-state index is 0.0470. The van der Waals surface area contributed by atoms with E-state index in [0.29, 0.717) is 5.69 Å². The number of amides is 2. The van der Waals surface area contributed by atoms with Gasteiger partial charge in [0.25, 0.3) is 0 Å². The molecule has 0 bridgehead atoms. The predicted molar refractivity (Wildman–Crippen MR) is 92.8 cm³/mol.